The van der Waals surface area contributed by atoms with Crippen molar-refractivity contribution >= 4 is 11.5 Å². The summed E-state index contributed by atoms with van der Waals surface area (Å²) in [5.41, 5.74) is 0.942. The highest BCUT2D eigenvalue weighted by molar-refractivity contribution is 5.99. The molecule has 1 heterocycles. The van der Waals surface area contributed by atoms with Crippen molar-refractivity contribution in [2.75, 3.05) is 31.6 Å². The van der Waals surface area contributed by atoms with Crippen LogP contribution < -0.4 is 4.90 Å². The van der Waals surface area contributed by atoms with Crippen LogP contribution in [0.4, 0.5) is 10.1 Å². The highest BCUT2D eigenvalue weighted by atomic mass is 19.1. The molecule has 4 heteroatoms. The largest absolute Gasteiger partial charge is 0.363 e. The van der Waals surface area contributed by atoms with Crippen molar-refractivity contribution < 1.29 is 9.18 Å². The summed E-state index contributed by atoms with van der Waals surface area (Å²) in [6.45, 7) is 6.06. The van der Waals surface area contributed by atoms with E-state index in [1.807, 2.05) is 4.90 Å². The third-order valence-electron chi connectivity index (χ3n) is 3.48. The maximum Gasteiger partial charge on any atom is 0.161 e. The molecule has 0 aliphatic carbocycles. The number of likely N-dealkylation sites (N-methyl/N-ethyl adjacent to an activating group) is 1. The molecule has 1 atom stereocenters. The number of carbonyl (C=O) groups is 1. The van der Waals surface area contributed by atoms with Crippen LogP contribution in [0, 0.1) is 5.82 Å². The van der Waals surface area contributed by atoms with Crippen LogP contribution in [-0.2, 0) is 0 Å². The molecular formula is C14H19FN2O. The van der Waals surface area contributed by atoms with Gasteiger partial charge in [-0.05, 0) is 33.0 Å². The van der Waals surface area contributed by atoms with E-state index >= 15 is 0 Å². The Morgan fingerprint density at radius 3 is 2.72 bits per heavy atom. The number of para-hydroxylation sites is 1. The van der Waals surface area contributed by atoms with Gasteiger partial charge in [0.25, 0.3) is 0 Å². The van der Waals surface area contributed by atoms with E-state index in [2.05, 4.69) is 18.9 Å². The first kappa shape index (κ1) is 13.0. The van der Waals surface area contributed by atoms with E-state index in [0.29, 0.717) is 11.3 Å². The lowest BCUT2D eigenvalue weighted by atomic mass is 10.0. The Hall–Kier alpha value is -1.42. The van der Waals surface area contributed by atoms with E-state index in [0.717, 1.165) is 19.6 Å². The Morgan fingerprint density at radius 2 is 2.11 bits per heavy atom. The smallest absolute Gasteiger partial charge is 0.161 e. The molecular weight excluding hydrogens is 231 g/mol. The van der Waals surface area contributed by atoms with E-state index in [4.69, 9.17) is 0 Å². The molecule has 1 unspecified atom stereocenters. The summed E-state index contributed by atoms with van der Waals surface area (Å²) >= 11 is 0. The second-order valence-electron chi connectivity index (χ2n) is 5.00. The lowest BCUT2D eigenvalue weighted by Gasteiger charge is -2.40. The Kier molecular flexibility index (Phi) is 3.66. The number of rotatable bonds is 2. The molecule has 0 N–H and O–H groups in total. The number of hydrogen-bond donors (Lipinski definition) is 0. The zero-order valence-corrected chi connectivity index (χ0v) is 11.1. The number of carbonyl (C=O) groups excluding carboxylic acids is 1. The normalized spacial score (nSPS) is 21.1. The van der Waals surface area contributed by atoms with Gasteiger partial charge < -0.3 is 9.80 Å². The lowest BCUT2D eigenvalue weighted by molar-refractivity contribution is 0.101. The van der Waals surface area contributed by atoms with Gasteiger partial charge in [-0.15, -0.1) is 0 Å². The minimum Gasteiger partial charge on any atom is -0.363 e. The maximum atomic E-state index is 14.1. The molecule has 0 radical (unpaired) electrons. The molecule has 98 valence electrons. The van der Waals surface area contributed by atoms with Crippen molar-refractivity contribution in [3.8, 4) is 0 Å². The Balaban J connectivity index is 2.41. The number of Topliss-reactive ketones (excluding diaryl/α,β-unsaturated/α-hetero) is 1. The molecule has 1 aromatic carbocycles. The predicted octanol–water partition coefficient (Wildman–Crippen LogP) is 2.17. The maximum absolute atomic E-state index is 14.1. The number of nitrogens with zero attached hydrogens (tertiary/aromatic N) is 2. The summed E-state index contributed by atoms with van der Waals surface area (Å²) in [5, 5.41) is 0. The van der Waals surface area contributed by atoms with Gasteiger partial charge in [0.2, 0.25) is 0 Å². The molecule has 1 aromatic rings. The van der Waals surface area contributed by atoms with Crippen molar-refractivity contribution in [1.82, 2.24) is 4.90 Å². The van der Waals surface area contributed by atoms with E-state index < -0.39 is 0 Å². The molecule has 18 heavy (non-hydrogen) atoms. The van der Waals surface area contributed by atoms with Crippen molar-refractivity contribution in [2.45, 2.75) is 19.9 Å². The molecule has 3 nitrogen and oxygen atoms in total. The van der Waals surface area contributed by atoms with Gasteiger partial charge in [0.1, 0.15) is 5.82 Å². The summed E-state index contributed by atoms with van der Waals surface area (Å²) in [6, 6.07) is 4.92. The number of halogens is 1. The molecule has 1 fully saturated rings. The minimum absolute atomic E-state index is 0.0874. The molecule has 1 aliphatic rings. The molecule has 0 amide bonds. The van der Waals surface area contributed by atoms with Crippen LogP contribution in [0.2, 0.25) is 0 Å². The fourth-order valence-corrected chi connectivity index (χ4v) is 2.56. The number of hydrogen-bond acceptors (Lipinski definition) is 3. The average Bonchev–Trinajstić information content (AvgIpc) is 2.29. The molecule has 0 aromatic heterocycles. The summed E-state index contributed by atoms with van der Waals surface area (Å²) in [4.78, 5) is 15.9. The van der Waals surface area contributed by atoms with Crippen molar-refractivity contribution in [3.63, 3.8) is 0 Å². The Labute approximate surface area is 107 Å². The first-order valence-electron chi connectivity index (χ1n) is 6.25. The Bertz CT molecular complexity index is 461. The minimum atomic E-state index is -0.306. The van der Waals surface area contributed by atoms with Gasteiger partial charge in [-0.25, -0.2) is 4.39 Å². The summed E-state index contributed by atoms with van der Waals surface area (Å²) in [7, 11) is 2.06. The quantitative estimate of drug-likeness (QED) is 0.752. The number of anilines is 1. The average molecular weight is 250 g/mol. The van der Waals surface area contributed by atoms with Crippen LogP contribution in [0.3, 0.4) is 0 Å². The Morgan fingerprint density at radius 1 is 1.39 bits per heavy atom. The van der Waals surface area contributed by atoms with Crippen LogP contribution in [0.25, 0.3) is 0 Å². The van der Waals surface area contributed by atoms with Crippen LogP contribution in [0.15, 0.2) is 18.2 Å². The number of piperazine rings is 1. The number of benzene rings is 1. The van der Waals surface area contributed by atoms with E-state index in [1.165, 1.54) is 13.0 Å². The van der Waals surface area contributed by atoms with Crippen LogP contribution in [0.1, 0.15) is 24.2 Å². The highest BCUT2D eigenvalue weighted by Crippen LogP contribution is 2.28. The third kappa shape index (κ3) is 2.38. The fraction of sp³-hybridized carbons (Fsp3) is 0.500. The van der Waals surface area contributed by atoms with Crippen LogP contribution in [0.5, 0.6) is 0 Å². The third-order valence-corrected chi connectivity index (χ3v) is 3.48. The monoisotopic (exact) mass is 250 g/mol. The van der Waals surface area contributed by atoms with E-state index in [1.54, 1.807) is 12.1 Å². The van der Waals surface area contributed by atoms with Crippen molar-refractivity contribution in [1.29, 1.82) is 0 Å². The standard InChI is InChI=1S/C14H19FN2O/c1-10-9-16(3)7-8-17(10)14-12(11(2)18)5-4-6-13(14)15/h4-6,10H,7-9H2,1-3H3. The zero-order chi connectivity index (χ0) is 13.3. The SMILES string of the molecule is CC(=O)c1cccc(F)c1N1CCN(C)CC1C. The van der Waals surface area contributed by atoms with Crippen LogP contribution >= 0.6 is 0 Å². The topological polar surface area (TPSA) is 23.6 Å². The summed E-state index contributed by atoms with van der Waals surface area (Å²) in [6.07, 6.45) is 0. The van der Waals surface area contributed by atoms with E-state index in [9.17, 15) is 9.18 Å². The first-order chi connectivity index (χ1) is 8.50. The lowest BCUT2D eigenvalue weighted by Crippen LogP contribution is -2.51. The summed E-state index contributed by atoms with van der Waals surface area (Å²) < 4.78 is 14.1. The molecule has 2 rings (SSSR count). The molecule has 0 saturated carbocycles. The molecule has 0 spiro atoms. The molecule has 0 bridgehead atoms. The van der Waals surface area contributed by atoms with Gasteiger partial charge >= 0.3 is 0 Å². The fourth-order valence-electron chi connectivity index (χ4n) is 2.56. The first-order valence-corrected chi connectivity index (χ1v) is 6.25. The van der Waals surface area contributed by atoms with Crippen LogP contribution in [-0.4, -0.2) is 43.4 Å². The second kappa shape index (κ2) is 5.06. The zero-order valence-electron chi connectivity index (χ0n) is 11.1. The molecule has 1 saturated heterocycles. The second-order valence-corrected chi connectivity index (χ2v) is 5.00. The predicted molar refractivity (Wildman–Crippen MR) is 70.7 cm³/mol. The number of ketones is 1. The van der Waals surface area contributed by atoms with Crippen molar-refractivity contribution in [2.24, 2.45) is 0 Å². The van der Waals surface area contributed by atoms with Gasteiger partial charge in [0.15, 0.2) is 5.78 Å². The van der Waals surface area contributed by atoms with Gasteiger partial charge in [-0.2, -0.15) is 0 Å². The van der Waals surface area contributed by atoms with Gasteiger partial charge in [0, 0.05) is 31.2 Å². The van der Waals surface area contributed by atoms with Gasteiger partial charge in [-0.1, -0.05) is 6.07 Å². The highest BCUT2D eigenvalue weighted by Gasteiger charge is 2.26. The van der Waals surface area contributed by atoms with E-state index in [-0.39, 0.29) is 17.6 Å². The van der Waals surface area contributed by atoms with Crippen molar-refractivity contribution in [3.05, 3.63) is 29.6 Å². The van der Waals surface area contributed by atoms with Gasteiger partial charge in [0.05, 0.1) is 5.69 Å². The summed E-state index contributed by atoms with van der Waals surface area (Å²) in [5.74, 6) is -0.394. The molecule has 1 aliphatic heterocycles. The van der Waals surface area contributed by atoms with Gasteiger partial charge in [-0.3, -0.25) is 4.79 Å².